The number of piperidine rings is 1. The first-order chi connectivity index (χ1) is 17.7. The van der Waals surface area contributed by atoms with Crippen LogP contribution in [-0.4, -0.2) is 42.7 Å². The summed E-state index contributed by atoms with van der Waals surface area (Å²) in [5.74, 6) is -0.595. The Bertz CT molecular complexity index is 1320. The number of nitrogens with one attached hydrogen (secondary N) is 1. The number of hydrogen-bond donors (Lipinski definition) is 1. The molecular formula is C27H30Cl3FN2O4S. The van der Waals surface area contributed by atoms with Gasteiger partial charge in [0.15, 0.2) is 0 Å². The molecule has 4 fully saturated rings. The van der Waals surface area contributed by atoms with Gasteiger partial charge in [-0.3, -0.25) is 9.69 Å². The van der Waals surface area contributed by atoms with E-state index in [4.69, 9.17) is 27.9 Å². The molecule has 6 nitrogen and oxygen atoms in total. The smallest absolute Gasteiger partial charge is 0.267 e. The van der Waals surface area contributed by atoms with E-state index in [1.807, 2.05) is 0 Å². The van der Waals surface area contributed by atoms with Gasteiger partial charge in [0.1, 0.15) is 17.7 Å². The lowest BCUT2D eigenvalue weighted by atomic mass is 9.95. The molecule has 2 aromatic rings. The molecule has 4 aliphatic rings. The molecule has 2 aliphatic carbocycles. The van der Waals surface area contributed by atoms with Crippen LogP contribution in [0.3, 0.4) is 0 Å². The molecule has 206 valence electrons. The van der Waals surface area contributed by atoms with E-state index >= 15 is 4.39 Å². The number of carbonyl (C=O) groups excluding carboxylic acids is 1. The van der Waals surface area contributed by atoms with E-state index in [1.165, 1.54) is 6.07 Å². The minimum atomic E-state index is -3.74. The van der Waals surface area contributed by atoms with Crippen LogP contribution in [0.2, 0.25) is 10.0 Å². The lowest BCUT2D eigenvalue weighted by molar-refractivity contribution is 0.0443. The predicted octanol–water partition coefficient (Wildman–Crippen LogP) is 6.23. The van der Waals surface area contributed by atoms with Gasteiger partial charge in [0.25, 0.3) is 5.91 Å². The maximum absolute atomic E-state index is 15.2. The lowest BCUT2D eigenvalue weighted by Crippen LogP contribution is -2.45. The quantitative estimate of drug-likeness (QED) is 0.387. The van der Waals surface area contributed by atoms with E-state index < -0.39 is 27.0 Å². The van der Waals surface area contributed by atoms with Gasteiger partial charge in [-0.1, -0.05) is 23.2 Å². The van der Waals surface area contributed by atoms with E-state index in [0.717, 1.165) is 49.7 Å². The summed E-state index contributed by atoms with van der Waals surface area (Å²) in [7, 11) is -3.74. The van der Waals surface area contributed by atoms with Crippen LogP contribution in [-0.2, 0) is 16.6 Å². The molecule has 2 heterocycles. The van der Waals surface area contributed by atoms with Crippen LogP contribution >= 0.6 is 35.6 Å². The standard InChI is InChI=1S/C27H29Cl2FN2O4S.ClH/c28-17-8-18(29)10-21(9-17)36-22-11-19-3-4-20(12-22)32(19)14-16-7-26(30)25(13-24(16)15-1-2-15)27(33)31-37(34,35)23-5-6-23;/h7-10,13,15,19-20,22-23H,1-6,11-12,14H2,(H,31,33);1H. The molecule has 2 atom stereocenters. The molecule has 0 spiro atoms. The zero-order valence-electron chi connectivity index (χ0n) is 20.7. The average Bonchev–Trinajstić information content (AvgIpc) is 3.71. The van der Waals surface area contributed by atoms with Crippen molar-refractivity contribution in [3.63, 3.8) is 0 Å². The topological polar surface area (TPSA) is 75.7 Å². The fourth-order valence-electron chi connectivity index (χ4n) is 5.93. The summed E-state index contributed by atoms with van der Waals surface area (Å²) in [5, 5.41) is 0.541. The zero-order chi connectivity index (χ0) is 25.9. The molecule has 0 radical (unpaired) electrons. The Labute approximate surface area is 238 Å². The number of amides is 1. The van der Waals surface area contributed by atoms with Crippen molar-refractivity contribution in [1.82, 2.24) is 9.62 Å². The van der Waals surface area contributed by atoms with E-state index in [2.05, 4.69) is 9.62 Å². The molecule has 2 bridgehead atoms. The molecule has 1 N–H and O–H groups in total. The number of sulfonamides is 1. The number of benzene rings is 2. The number of carbonyl (C=O) groups is 1. The van der Waals surface area contributed by atoms with Crippen LogP contribution < -0.4 is 9.46 Å². The second kappa shape index (κ2) is 10.8. The fourth-order valence-corrected chi connectivity index (χ4v) is 7.72. The Morgan fingerprint density at radius 3 is 2.18 bits per heavy atom. The highest BCUT2D eigenvalue weighted by atomic mass is 35.5. The van der Waals surface area contributed by atoms with Gasteiger partial charge in [-0.2, -0.15) is 0 Å². The molecule has 2 saturated carbocycles. The molecule has 0 aromatic heterocycles. The highest BCUT2D eigenvalue weighted by Crippen LogP contribution is 2.45. The zero-order valence-corrected chi connectivity index (χ0v) is 23.8. The van der Waals surface area contributed by atoms with Crippen LogP contribution in [0.25, 0.3) is 0 Å². The predicted molar refractivity (Wildman–Crippen MR) is 147 cm³/mol. The van der Waals surface area contributed by atoms with Gasteiger partial charge in [-0.25, -0.2) is 17.5 Å². The van der Waals surface area contributed by atoms with E-state index in [0.29, 0.717) is 47.3 Å². The molecular weight excluding hydrogens is 574 g/mol. The summed E-state index contributed by atoms with van der Waals surface area (Å²) in [6, 6.07) is 8.91. The molecule has 2 unspecified atom stereocenters. The lowest BCUT2D eigenvalue weighted by Gasteiger charge is -2.39. The van der Waals surface area contributed by atoms with Gasteiger partial charge in [0.2, 0.25) is 10.0 Å². The van der Waals surface area contributed by atoms with Gasteiger partial charge in [0.05, 0.1) is 10.8 Å². The number of hydrogen-bond acceptors (Lipinski definition) is 5. The summed E-state index contributed by atoms with van der Waals surface area (Å²) in [6.07, 6.45) is 6.95. The van der Waals surface area contributed by atoms with E-state index in [-0.39, 0.29) is 30.0 Å². The van der Waals surface area contributed by atoms with Crippen molar-refractivity contribution in [2.45, 2.75) is 87.3 Å². The normalized spacial score (nSPS) is 25.1. The van der Waals surface area contributed by atoms with Gasteiger partial charge < -0.3 is 4.74 Å². The first-order valence-corrected chi connectivity index (χ1v) is 15.2. The monoisotopic (exact) mass is 602 g/mol. The van der Waals surface area contributed by atoms with Crippen molar-refractivity contribution in [3.05, 3.63) is 62.9 Å². The highest BCUT2D eigenvalue weighted by molar-refractivity contribution is 7.91. The summed E-state index contributed by atoms with van der Waals surface area (Å²) in [5.41, 5.74) is 1.66. The summed E-state index contributed by atoms with van der Waals surface area (Å²) in [6.45, 7) is 0.607. The van der Waals surface area contributed by atoms with Crippen molar-refractivity contribution in [1.29, 1.82) is 0 Å². The van der Waals surface area contributed by atoms with Crippen LogP contribution in [0.5, 0.6) is 5.75 Å². The number of halogens is 4. The van der Waals surface area contributed by atoms with Crippen LogP contribution in [0.4, 0.5) is 4.39 Å². The molecule has 1 amide bonds. The molecule has 2 saturated heterocycles. The average molecular weight is 604 g/mol. The first-order valence-electron chi connectivity index (χ1n) is 12.9. The third-order valence-electron chi connectivity index (χ3n) is 8.02. The van der Waals surface area contributed by atoms with Crippen molar-refractivity contribution < 1.29 is 22.3 Å². The SMILES string of the molecule is Cl.O=C(NS(=O)(=O)C1CC1)c1cc(C2CC2)c(CN2C3CCC2CC(Oc2cc(Cl)cc(Cl)c2)C3)cc1F. The maximum atomic E-state index is 15.2. The van der Waals surface area contributed by atoms with E-state index in [1.54, 1.807) is 24.3 Å². The minimum absolute atomic E-state index is 0. The Morgan fingerprint density at radius 2 is 1.61 bits per heavy atom. The van der Waals surface area contributed by atoms with Gasteiger partial charge >= 0.3 is 0 Å². The Kier molecular flexibility index (Phi) is 7.93. The highest BCUT2D eigenvalue weighted by Gasteiger charge is 2.42. The summed E-state index contributed by atoms with van der Waals surface area (Å²) in [4.78, 5) is 15.1. The van der Waals surface area contributed by atoms with Crippen molar-refractivity contribution in [3.8, 4) is 5.75 Å². The Morgan fingerprint density at radius 1 is 0.974 bits per heavy atom. The van der Waals surface area contributed by atoms with Crippen molar-refractivity contribution in [2.24, 2.45) is 0 Å². The molecule has 2 aromatic carbocycles. The second-order valence-corrected chi connectivity index (χ2v) is 13.7. The van der Waals surface area contributed by atoms with Crippen LogP contribution in [0, 0.1) is 5.82 Å². The second-order valence-electron chi connectivity index (χ2n) is 10.9. The fraction of sp³-hybridized carbons (Fsp3) is 0.519. The number of fused-ring (bicyclic) bond motifs is 2. The Balaban J connectivity index is 0.00000294. The third kappa shape index (κ3) is 5.94. The minimum Gasteiger partial charge on any atom is -0.490 e. The van der Waals surface area contributed by atoms with Gasteiger partial charge in [-0.15, -0.1) is 12.4 Å². The number of rotatable bonds is 8. The molecule has 38 heavy (non-hydrogen) atoms. The largest absolute Gasteiger partial charge is 0.490 e. The van der Waals surface area contributed by atoms with Crippen molar-refractivity contribution >= 4 is 51.5 Å². The maximum Gasteiger partial charge on any atom is 0.267 e. The number of nitrogens with zero attached hydrogens (tertiary/aromatic N) is 1. The number of ether oxygens (including phenoxy) is 1. The van der Waals surface area contributed by atoms with E-state index in [9.17, 15) is 13.2 Å². The van der Waals surface area contributed by atoms with Crippen LogP contribution in [0.1, 0.15) is 78.8 Å². The summed E-state index contributed by atoms with van der Waals surface area (Å²) < 4.78 is 47.9. The third-order valence-corrected chi connectivity index (χ3v) is 10.3. The summed E-state index contributed by atoms with van der Waals surface area (Å²) >= 11 is 12.3. The first kappa shape index (κ1) is 28.0. The van der Waals surface area contributed by atoms with Crippen molar-refractivity contribution in [2.75, 3.05) is 0 Å². The molecule has 2 aliphatic heterocycles. The Hall–Kier alpha value is -1.58. The van der Waals surface area contributed by atoms with Gasteiger partial charge in [0, 0.05) is 28.7 Å². The van der Waals surface area contributed by atoms with Gasteiger partial charge in [-0.05, 0) is 98.7 Å². The molecule has 11 heteroatoms. The molecule has 6 rings (SSSR count). The van der Waals surface area contributed by atoms with Crippen LogP contribution in [0.15, 0.2) is 30.3 Å².